The average Bonchev–Trinajstić information content (AvgIpc) is 3.00. The molecule has 1 saturated carbocycles. The lowest BCUT2D eigenvalue weighted by Crippen LogP contribution is -2.03. The van der Waals surface area contributed by atoms with Crippen molar-refractivity contribution in [3.05, 3.63) is 22.7 Å². The van der Waals surface area contributed by atoms with Gasteiger partial charge < -0.3 is 10.1 Å². The third kappa shape index (κ3) is 2.41. The fourth-order valence-corrected chi connectivity index (χ4v) is 1.76. The summed E-state index contributed by atoms with van der Waals surface area (Å²) in [7, 11) is 1.69. The SMILES string of the molecule is COc1cc(NCC2CC2)ccc1Br. The number of ether oxygens (including phenoxy) is 1. The molecule has 0 aliphatic heterocycles. The first kappa shape index (κ1) is 9.84. The third-order valence-electron chi connectivity index (χ3n) is 2.44. The van der Waals surface area contributed by atoms with E-state index in [0.29, 0.717) is 0 Å². The summed E-state index contributed by atoms with van der Waals surface area (Å²) in [6.07, 6.45) is 2.75. The largest absolute Gasteiger partial charge is 0.495 e. The maximum atomic E-state index is 5.22. The van der Waals surface area contributed by atoms with E-state index in [-0.39, 0.29) is 0 Å². The lowest BCUT2D eigenvalue weighted by Gasteiger charge is -2.08. The average molecular weight is 256 g/mol. The van der Waals surface area contributed by atoms with E-state index in [2.05, 4.69) is 27.3 Å². The quantitative estimate of drug-likeness (QED) is 0.892. The maximum absolute atomic E-state index is 5.22. The highest BCUT2D eigenvalue weighted by atomic mass is 79.9. The summed E-state index contributed by atoms with van der Waals surface area (Å²) in [5.41, 5.74) is 1.14. The number of halogens is 1. The van der Waals surface area contributed by atoms with Crippen molar-refractivity contribution < 1.29 is 4.74 Å². The maximum Gasteiger partial charge on any atom is 0.135 e. The summed E-state index contributed by atoms with van der Waals surface area (Å²) in [6, 6.07) is 6.09. The molecule has 0 amide bonds. The lowest BCUT2D eigenvalue weighted by molar-refractivity contribution is 0.412. The third-order valence-corrected chi connectivity index (χ3v) is 3.10. The van der Waals surface area contributed by atoms with Crippen LogP contribution in [0.25, 0.3) is 0 Å². The molecule has 3 heteroatoms. The fraction of sp³-hybridized carbons (Fsp3) is 0.455. The predicted molar refractivity (Wildman–Crippen MR) is 61.9 cm³/mol. The van der Waals surface area contributed by atoms with Gasteiger partial charge in [-0.2, -0.15) is 0 Å². The second-order valence-corrected chi connectivity index (χ2v) is 4.53. The van der Waals surface area contributed by atoms with Gasteiger partial charge in [-0.25, -0.2) is 0 Å². The van der Waals surface area contributed by atoms with Crippen LogP contribution in [-0.4, -0.2) is 13.7 Å². The lowest BCUT2D eigenvalue weighted by atomic mass is 10.3. The van der Waals surface area contributed by atoms with Crippen molar-refractivity contribution in [3.63, 3.8) is 0 Å². The molecule has 0 radical (unpaired) electrons. The van der Waals surface area contributed by atoms with Crippen LogP contribution >= 0.6 is 15.9 Å². The summed E-state index contributed by atoms with van der Waals surface area (Å²) in [5.74, 6) is 1.77. The minimum Gasteiger partial charge on any atom is -0.495 e. The zero-order valence-electron chi connectivity index (χ0n) is 8.22. The fourth-order valence-electron chi connectivity index (χ4n) is 1.35. The molecule has 0 saturated heterocycles. The molecule has 0 atom stereocenters. The topological polar surface area (TPSA) is 21.3 Å². The van der Waals surface area contributed by atoms with Crippen LogP contribution in [0, 0.1) is 5.92 Å². The van der Waals surface area contributed by atoms with Crippen molar-refractivity contribution >= 4 is 21.6 Å². The highest BCUT2D eigenvalue weighted by molar-refractivity contribution is 9.10. The number of hydrogen-bond acceptors (Lipinski definition) is 2. The molecule has 1 aliphatic carbocycles. The number of benzene rings is 1. The van der Waals surface area contributed by atoms with E-state index in [1.165, 1.54) is 12.8 Å². The van der Waals surface area contributed by atoms with Crippen molar-refractivity contribution in [2.45, 2.75) is 12.8 Å². The summed E-state index contributed by atoms with van der Waals surface area (Å²) < 4.78 is 6.22. The molecule has 0 bridgehead atoms. The molecule has 14 heavy (non-hydrogen) atoms. The number of rotatable bonds is 4. The molecule has 1 aromatic carbocycles. The van der Waals surface area contributed by atoms with E-state index < -0.39 is 0 Å². The molecule has 1 aliphatic rings. The van der Waals surface area contributed by atoms with E-state index in [0.717, 1.165) is 28.4 Å². The molecule has 0 unspecified atom stereocenters. The first-order chi connectivity index (χ1) is 6.79. The van der Waals surface area contributed by atoms with Gasteiger partial charge in [-0.3, -0.25) is 0 Å². The molecule has 0 aromatic heterocycles. The van der Waals surface area contributed by atoms with Crippen molar-refractivity contribution in [2.75, 3.05) is 19.0 Å². The summed E-state index contributed by atoms with van der Waals surface area (Å²) in [6.45, 7) is 1.09. The van der Waals surface area contributed by atoms with Gasteiger partial charge in [-0.15, -0.1) is 0 Å². The van der Waals surface area contributed by atoms with Gasteiger partial charge in [0.05, 0.1) is 11.6 Å². The highest BCUT2D eigenvalue weighted by Gasteiger charge is 2.20. The molecule has 0 heterocycles. The second kappa shape index (κ2) is 4.22. The van der Waals surface area contributed by atoms with Crippen molar-refractivity contribution in [1.82, 2.24) is 0 Å². The molecule has 76 valence electrons. The monoisotopic (exact) mass is 255 g/mol. The first-order valence-electron chi connectivity index (χ1n) is 4.87. The van der Waals surface area contributed by atoms with Gasteiger partial charge in [0.2, 0.25) is 0 Å². The van der Waals surface area contributed by atoms with Crippen LogP contribution in [0.2, 0.25) is 0 Å². The number of hydrogen-bond donors (Lipinski definition) is 1. The van der Waals surface area contributed by atoms with Crippen LogP contribution in [0.1, 0.15) is 12.8 Å². The smallest absolute Gasteiger partial charge is 0.135 e. The molecule has 0 spiro atoms. The summed E-state index contributed by atoms with van der Waals surface area (Å²) >= 11 is 3.43. The van der Waals surface area contributed by atoms with Crippen LogP contribution < -0.4 is 10.1 Å². The molecule has 1 fully saturated rings. The van der Waals surface area contributed by atoms with E-state index in [9.17, 15) is 0 Å². The molecular formula is C11H14BrNO. The van der Waals surface area contributed by atoms with Gasteiger partial charge in [0.15, 0.2) is 0 Å². The number of nitrogens with one attached hydrogen (secondary N) is 1. The van der Waals surface area contributed by atoms with Crippen molar-refractivity contribution in [2.24, 2.45) is 5.92 Å². The minimum atomic E-state index is 0.880. The molecule has 2 nitrogen and oxygen atoms in total. The van der Waals surface area contributed by atoms with Crippen LogP contribution in [0.4, 0.5) is 5.69 Å². The van der Waals surface area contributed by atoms with E-state index in [1.54, 1.807) is 7.11 Å². The van der Waals surface area contributed by atoms with Gasteiger partial charge >= 0.3 is 0 Å². The van der Waals surface area contributed by atoms with Crippen LogP contribution in [0.15, 0.2) is 22.7 Å². The summed E-state index contributed by atoms with van der Waals surface area (Å²) in [5, 5.41) is 3.41. The molecule has 1 N–H and O–H groups in total. The zero-order chi connectivity index (χ0) is 9.97. The van der Waals surface area contributed by atoms with Crippen LogP contribution in [0.5, 0.6) is 5.75 Å². The van der Waals surface area contributed by atoms with Gasteiger partial charge in [0.1, 0.15) is 5.75 Å². The Morgan fingerprint density at radius 3 is 2.93 bits per heavy atom. The second-order valence-electron chi connectivity index (χ2n) is 3.67. The Labute approximate surface area is 92.8 Å². The number of methoxy groups -OCH3 is 1. The Hall–Kier alpha value is -0.700. The van der Waals surface area contributed by atoms with Crippen molar-refractivity contribution in [1.29, 1.82) is 0 Å². The van der Waals surface area contributed by atoms with E-state index >= 15 is 0 Å². The molecule has 2 rings (SSSR count). The van der Waals surface area contributed by atoms with Crippen LogP contribution in [0.3, 0.4) is 0 Å². The Morgan fingerprint density at radius 2 is 2.29 bits per heavy atom. The van der Waals surface area contributed by atoms with Gasteiger partial charge in [-0.05, 0) is 46.8 Å². The molecular weight excluding hydrogens is 242 g/mol. The normalized spacial score (nSPS) is 15.3. The Bertz CT molecular complexity index is 323. The van der Waals surface area contributed by atoms with E-state index in [1.807, 2.05) is 12.1 Å². The standard InChI is InChI=1S/C11H14BrNO/c1-14-11-6-9(4-5-10(11)12)13-7-8-2-3-8/h4-6,8,13H,2-3,7H2,1H3. The number of anilines is 1. The van der Waals surface area contributed by atoms with Gasteiger partial charge in [0, 0.05) is 18.3 Å². The Kier molecular flexibility index (Phi) is 2.96. The van der Waals surface area contributed by atoms with Gasteiger partial charge in [-0.1, -0.05) is 0 Å². The first-order valence-corrected chi connectivity index (χ1v) is 5.66. The van der Waals surface area contributed by atoms with Crippen LogP contribution in [-0.2, 0) is 0 Å². The van der Waals surface area contributed by atoms with E-state index in [4.69, 9.17) is 4.74 Å². The van der Waals surface area contributed by atoms with Gasteiger partial charge in [0.25, 0.3) is 0 Å². The Morgan fingerprint density at radius 1 is 1.50 bits per heavy atom. The minimum absolute atomic E-state index is 0.880. The summed E-state index contributed by atoms with van der Waals surface area (Å²) in [4.78, 5) is 0. The van der Waals surface area contributed by atoms with Crippen molar-refractivity contribution in [3.8, 4) is 5.75 Å². The Balaban J connectivity index is 2.01. The molecule has 1 aromatic rings. The zero-order valence-corrected chi connectivity index (χ0v) is 9.80. The highest BCUT2D eigenvalue weighted by Crippen LogP contribution is 2.31. The predicted octanol–water partition coefficient (Wildman–Crippen LogP) is 3.28.